The molecule has 0 bridgehead atoms. The first kappa shape index (κ1) is 15.3. The maximum absolute atomic E-state index is 6.01. The van der Waals surface area contributed by atoms with Gasteiger partial charge in [-0.2, -0.15) is 4.98 Å². The lowest BCUT2D eigenvalue weighted by Crippen LogP contribution is -2.13. The van der Waals surface area contributed by atoms with Crippen LogP contribution in [0.2, 0.25) is 10.0 Å². The quantitative estimate of drug-likeness (QED) is 0.905. The topological polar surface area (TPSA) is 64.9 Å². The summed E-state index contributed by atoms with van der Waals surface area (Å²) >= 11 is 11.9. The smallest absolute Gasteiger partial charge is 0.243 e. The number of halogens is 2. The normalized spacial score (nSPS) is 12.9. The monoisotopic (exact) mass is 313 g/mol. The highest BCUT2D eigenvalue weighted by atomic mass is 35.5. The van der Waals surface area contributed by atoms with Crippen LogP contribution in [0.3, 0.4) is 0 Å². The molecule has 2 rings (SSSR count). The Morgan fingerprint density at radius 3 is 2.65 bits per heavy atom. The fraction of sp³-hybridized carbons (Fsp3) is 0.429. The molecule has 6 heteroatoms. The van der Waals surface area contributed by atoms with E-state index in [1.54, 1.807) is 12.1 Å². The van der Waals surface area contributed by atoms with Gasteiger partial charge in [-0.25, -0.2) is 0 Å². The lowest BCUT2D eigenvalue weighted by molar-refractivity contribution is 0.333. The Morgan fingerprint density at radius 1 is 1.25 bits per heavy atom. The number of benzene rings is 1. The molecular formula is C14H17Cl2N3O. The first-order valence-corrected chi connectivity index (χ1v) is 7.23. The molecule has 0 aliphatic rings. The Kier molecular flexibility index (Phi) is 5.02. The van der Waals surface area contributed by atoms with E-state index in [4.69, 9.17) is 33.5 Å². The Bertz CT molecular complexity index is 584. The van der Waals surface area contributed by atoms with Gasteiger partial charge in [-0.3, -0.25) is 0 Å². The second-order valence-corrected chi connectivity index (χ2v) is 6.02. The molecule has 0 saturated heterocycles. The predicted octanol–water partition coefficient (Wildman–Crippen LogP) is 4.01. The van der Waals surface area contributed by atoms with Crippen molar-refractivity contribution in [2.75, 3.05) is 0 Å². The zero-order chi connectivity index (χ0) is 14.7. The van der Waals surface area contributed by atoms with E-state index in [9.17, 15) is 0 Å². The molecule has 0 fully saturated rings. The summed E-state index contributed by atoms with van der Waals surface area (Å²) in [6.07, 6.45) is 1.35. The number of aromatic nitrogens is 2. The minimum atomic E-state index is -0.218. The molecule has 1 heterocycles. The largest absolute Gasteiger partial charge is 0.338 e. The first-order valence-electron chi connectivity index (χ1n) is 6.47. The highest BCUT2D eigenvalue weighted by molar-refractivity contribution is 6.42. The number of nitrogens with zero attached hydrogens (tertiary/aromatic N) is 2. The number of nitrogens with two attached hydrogens (primary N) is 1. The van der Waals surface area contributed by atoms with E-state index >= 15 is 0 Å². The second kappa shape index (κ2) is 6.57. The molecule has 1 unspecified atom stereocenters. The van der Waals surface area contributed by atoms with Gasteiger partial charge >= 0.3 is 0 Å². The molecule has 1 aromatic carbocycles. The molecule has 1 atom stereocenters. The van der Waals surface area contributed by atoms with Crippen molar-refractivity contribution in [2.45, 2.75) is 32.7 Å². The molecule has 0 spiro atoms. The Balaban J connectivity index is 2.07. The van der Waals surface area contributed by atoms with Crippen LogP contribution in [0.4, 0.5) is 0 Å². The highest BCUT2D eigenvalue weighted by Crippen LogP contribution is 2.24. The van der Waals surface area contributed by atoms with Crippen LogP contribution < -0.4 is 5.73 Å². The van der Waals surface area contributed by atoms with Crippen LogP contribution in [-0.2, 0) is 6.42 Å². The fourth-order valence-corrected chi connectivity index (χ4v) is 2.25. The molecule has 2 N–H and O–H groups in total. The van der Waals surface area contributed by atoms with Gasteiger partial charge in [0.25, 0.3) is 0 Å². The van der Waals surface area contributed by atoms with Crippen molar-refractivity contribution in [1.82, 2.24) is 10.1 Å². The van der Waals surface area contributed by atoms with Crippen molar-refractivity contribution in [3.05, 3.63) is 45.5 Å². The number of hydrogen-bond acceptors (Lipinski definition) is 4. The van der Waals surface area contributed by atoms with E-state index in [-0.39, 0.29) is 6.04 Å². The highest BCUT2D eigenvalue weighted by Gasteiger charge is 2.16. The van der Waals surface area contributed by atoms with Crippen molar-refractivity contribution in [3.63, 3.8) is 0 Å². The van der Waals surface area contributed by atoms with E-state index in [1.807, 2.05) is 6.07 Å². The standard InChI is InChI=1S/C14H17Cl2N3O/c1-8(2)5-12(17)14-18-13(19-20-14)7-9-3-4-10(15)11(16)6-9/h3-4,6,8,12H,5,7,17H2,1-2H3. The van der Waals surface area contributed by atoms with E-state index in [0.717, 1.165) is 12.0 Å². The van der Waals surface area contributed by atoms with Gasteiger partial charge in [0.1, 0.15) is 0 Å². The van der Waals surface area contributed by atoms with Gasteiger partial charge in [0, 0.05) is 6.42 Å². The maximum atomic E-state index is 6.01. The zero-order valence-electron chi connectivity index (χ0n) is 11.4. The van der Waals surface area contributed by atoms with E-state index < -0.39 is 0 Å². The summed E-state index contributed by atoms with van der Waals surface area (Å²) in [4.78, 5) is 4.33. The van der Waals surface area contributed by atoms with Gasteiger partial charge in [-0.05, 0) is 30.0 Å². The maximum Gasteiger partial charge on any atom is 0.243 e. The average Bonchev–Trinajstić information content (AvgIpc) is 2.82. The zero-order valence-corrected chi connectivity index (χ0v) is 12.9. The van der Waals surface area contributed by atoms with Crippen LogP contribution in [0.15, 0.2) is 22.7 Å². The van der Waals surface area contributed by atoms with E-state index in [0.29, 0.717) is 34.1 Å². The minimum Gasteiger partial charge on any atom is -0.338 e. The van der Waals surface area contributed by atoms with E-state index in [2.05, 4.69) is 24.0 Å². The molecule has 1 aromatic heterocycles. The molecule has 108 valence electrons. The van der Waals surface area contributed by atoms with Crippen molar-refractivity contribution in [1.29, 1.82) is 0 Å². The van der Waals surface area contributed by atoms with Crippen molar-refractivity contribution < 1.29 is 4.52 Å². The van der Waals surface area contributed by atoms with Crippen LogP contribution >= 0.6 is 23.2 Å². The predicted molar refractivity (Wildman–Crippen MR) is 79.9 cm³/mol. The first-order chi connectivity index (χ1) is 9.45. The minimum absolute atomic E-state index is 0.218. The number of rotatable bonds is 5. The average molecular weight is 314 g/mol. The Labute approximate surface area is 128 Å². The molecule has 0 aliphatic carbocycles. The molecule has 0 aliphatic heterocycles. The second-order valence-electron chi connectivity index (χ2n) is 5.21. The molecule has 2 aromatic rings. The van der Waals surface area contributed by atoms with Crippen molar-refractivity contribution in [3.8, 4) is 0 Å². The van der Waals surface area contributed by atoms with Gasteiger partial charge in [-0.15, -0.1) is 0 Å². The lowest BCUT2D eigenvalue weighted by Gasteiger charge is -2.08. The molecule has 0 saturated carbocycles. The molecular weight excluding hydrogens is 297 g/mol. The van der Waals surface area contributed by atoms with Gasteiger partial charge in [0.15, 0.2) is 5.82 Å². The van der Waals surface area contributed by atoms with Gasteiger partial charge in [-0.1, -0.05) is 48.3 Å². The fourth-order valence-electron chi connectivity index (χ4n) is 1.93. The summed E-state index contributed by atoms with van der Waals surface area (Å²) in [5.74, 6) is 1.56. The lowest BCUT2D eigenvalue weighted by atomic mass is 10.0. The SMILES string of the molecule is CC(C)CC(N)c1nc(Cc2ccc(Cl)c(Cl)c2)no1. The summed E-state index contributed by atoms with van der Waals surface area (Å²) in [5.41, 5.74) is 6.99. The molecule has 0 amide bonds. The summed E-state index contributed by atoms with van der Waals surface area (Å²) < 4.78 is 5.21. The van der Waals surface area contributed by atoms with Gasteiger partial charge in [0.2, 0.25) is 5.89 Å². The van der Waals surface area contributed by atoms with Crippen LogP contribution in [-0.4, -0.2) is 10.1 Å². The molecule has 20 heavy (non-hydrogen) atoms. The number of hydrogen-bond donors (Lipinski definition) is 1. The van der Waals surface area contributed by atoms with Crippen LogP contribution in [0, 0.1) is 5.92 Å². The summed E-state index contributed by atoms with van der Waals surface area (Å²) in [5, 5.41) is 5.00. The van der Waals surface area contributed by atoms with E-state index in [1.165, 1.54) is 0 Å². The molecule has 4 nitrogen and oxygen atoms in total. The Hall–Kier alpha value is -1.10. The van der Waals surface area contributed by atoms with Crippen LogP contribution in [0.1, 0.15) is 43.6 Å². The summed E-state index contributed by atoms with van der Waals surface area (Å²) in [6.45, 7) is 4.21. The van der Waals surface area contributed by atoms with Crippen LogP contribution in [0.5, 0.6) is 0 Å². The molecule has 0 radical (unpaired) electrons. The van der Waals surface area contributed by atoms with Gasteiger partial charge < -0.3 is 10.3 Å². The van der Waals surface area contributed by atoms with Crippen molar-refractivity contribution in [2.24, 2.45) is 11.7 Å². The van der Waals surface area contributed by atoms with Crippen molar-refractivity contribution >= 4 is 23.2 Å². The summed E-state index contributed by atoms with van der Waals surface area (Å²) in [7, 11) is 0. The third-order valence-electron chi connectivity index (χ3n) is 2.87. The third-order valence-corrected chi connectivity index (χ3v) is 3.61. The summed E-state index contributed by atoms with van der Waals surface area (Å²) in [6, 6.07) is 5.22. The van der Waals surface area contributed by atoms with Gasteiger partial charge in [0.05, 0.1) is 16.1 Å². The third kappa shape index (κ3) is 3.95. The Morgan fingerprint density at radius 2 is 2.00 bits per heavy atom. The van der Waals surface area contributed by atoms with Crippen LogP contribution in [0.25, 0.3) is 0 Å².